The van der Waals surface area contributed by atoms with Gasteiger partial charge in [-0.1, -0.05) is 103 Å². The van der Waals surface area contributed by atoms with Crippen LogP contribution in [0.5, 0.6) is 0 Å². The third-order valence-electron chi connectivity index (χ3n) is 7.78. The van der Waals surface area contributed by atoms with E-state index in [0.717, 1.165) is 16.8 Å². The second kappa shape index (κ2) is 8.24. The molecule has 8 aromatic rings. The van der Waals surface area contributed by atoms with Gasteiger partial charge in [0.1, 0.15) is 0 Å². The van der Waals surface area contributed by atoms with Crippen LogP contribution in [-0.4, -0.2) is 4.98 Å². The molecule has 2 heteroatoms. The molecule has 0 aliphatic rings. The second-order valence-corrected chi connectivity index (χ2v) is 11.0. The Balaban J connectivity index is 1.34. The largest absolute Gasteiger partial charge is 0.247 e. The molecule has 178 valence electrons. The van der Waals surface area contributed by atoms with E-state index in [0.29, 0.717) is 0 Å². The molecular weight excluding hydrogens is 478 g/mol. The van der Waals surface area contributed by atoms with E-state index in [9.17, 15) is 0 Å². The molecule has 0 unspecified atom stereocenters. The lowest BCUT2D eigenvalue weighted by atomic mass is 9.96. The molecule has 1 nitrogen and oxygen atoms in total. The minimum atomic E-state index is 0.999. The van der Waals surface area contributed by atoms with Crippen molar-refractivity contribution in [1.29, 1.82) is 0 Å². The number of aromatic nitrogens is 1. The average Bonchev–Trinajstić information content (AvgIpc) is 3.37. The summed E-state index contributed by atoms with van der Waals surface area (Å²) in [5.41, 5.74) is 7.03. The predicted octanol–water partition coefficient (Wildman–Crippen LogP) is 10.6. The first-order chi connectivity index (χ1) is 18.8. The first-order valence-electron chi connectivity index (χ1n) is 13.0. The van der Waals surface area contributed by atoms with E-state index < -0.39 is 0 Å². The summed E-state index contributed by atoms with van der Waals surface area (Å²) >= 11 is 1.90. The Morgan fingerprint density at radius 2 is 1.05 bits per heavy atom. The molecule has 0 spiro atoms. The molecule has 0 radical (unpaired) electrons. The average molecular weight is 502 g/mol. The van der Waals surface area contributed by atoms with Gasteiger partial charge in [-0.3, -0.25) is 0 Å². The molecule has 0 N–H and O–H groups in total. The molecule has 0 saturated carbocycles. The molecule has 0 aliphatic carbocycles. The van der Waals surface area contributed by atoms with Crippen molar-refractivity contribution >= 4 is 64.0 Å². The van der Waals surface area contributed by atoms with Gasteiger partial charge >= 0.3 is 0 Å². The number of fused-ring (bicyclic) bond motifs is 9. The van der Waals surface area contributed by atoms with Gasteiger partial charge in [0.25, 0.3) is 0 Å². The van der Waals surface area contributed by atoms with Crippen LogP contribution in [0.15, 0.2) is 121 Å². The van der Waals surface area contributed by atoms with E-state index >= 15 is 0 Å². The van der Waals surface area contributed by atoms with Crippen LogP contribution in [0.3, 0.4) is 0 Å². The second-order valence-electron chi connectivity index (χ2n) is 10.0. The van der Waals surface area contributed by atoms with Crippen LogP contribution < -0.4 is 0 Å². The summed E-state index contributed by atoms with van der Waals surface area (Å²) < 4.78 is 2.72. The topological polar surface area (TPSA) is 12.9 Å². The molecule has 8 rings (SSSR count). The molecule has 2 heterocycles. The van der Waals surface area contributed by atoms with E-state index in [1.54, 1.807) is 0 Å². The van der Waals surface area contributed by atoms with E-state index in [1.807, 2.05) is 11.3 Å². The maximum absolute atomic E-state index is 5.27. The van der Waals surface area contributed by atoms with Crippen molar-refractivity contribution in [1.82, 2.24) is 4.98 Å². The molecule has 0 amide bonds. The van der Waals surface area contributed by atoms with E-state index in [1.165, 1.54) is 63.8 Å². The number of pyridine rings is 1. The van der Waals surface area contributed by atoms with Crippen LogP contribution in [0.25, 0.3) is 75.0 Å². The predicted molar refractivity (Wildman–Crippen MR) is 165 cm³/mol. The van der Waals surface area contributed by atoms with Crippen LogP contribution in [0.2, 0.25) is 0 Å². The van der Waals surface area contributed by atoms with Gasteiger partial charge in [0, 0.05) is 36.5 Å². The highest BCUT2D eigenvalue weighted by atomic mass is 32.1. The summed E-state index contributed by atoms with van der Waals surface area (Å²) in [5, 5.41) is 8.85. The van der Waals surface area contributed by atoms with Gasteiger partial charge in [-0.2, -0.15) is 0 Å². The minimum absolute atomic E-state index is 0.999. The van der Waals surface area contributed by atoms with Gasteiger partial charge in [0.2, 0.25) is 0 Å². The molecule has 0 saturated heterocycles. The minimum Gasteiger partial charge on any atom is -0.247 e. The third kappa shape index (κ3) is 3.14. The van der Waals surface area contributed by atoms with Crippen molar-refractivity contribution in [3.05, 3.63) is 127 Å². The lowest BCUT2D eigenvalue weighted by Gasteiger charge is -2.12. The first kappa shape index (κ1) is 21.5. The quantitative estimate of drug-likeness (QED) is 0.215. The van der Waals surface area contributed by atoms with Crippen molar-refractivity contribution in [2.24, 2.45) is 0 Å². The zero-order valence-corrected chi connectivity index (χ0v) is 21.7. The number of aryl methyl sites for hydroxylation is 1. The van der Waals surface area contributed by atoms with E-state index in [4.69, 9.17) is 4.98 Å². The zero-order chi connectivity index (χ0) is 25.2. The van der Waals surface area contributed by atoms with Gasteiger partial charge in [0.05, 0.1) is 11.2 Å². The smallest absolute Gasteiger partial charge is 0.0794 e. The highest BCUT2D eigenvalue weighted by Gasteiger charge is 2.14. The standard InChI is InChI=1S/C36H23NS/c1-22-9-6-17-31-32-18-8-16-25(36(32)38-35(22)31)23-10-7-11-24(21-23)33-20-19-30-28-14-3-2-12-26(28)27-13-4-5-15-29(27)34(30)37-33/h2-21H,1H3. The number of thiophene rings is 1. The maximum Gasteiger partial charge on any atom is 0.0794 e. The summed E-state index contributed by atoms with van der Waals surface area (Å²) in [6, 6.07) is 43.8. The van der Waals surface area contributed by atoms with E-state index in [2.05, 4.69) is 128 Å². The lowest BCUT2D eigenvalue weighted by molar-refractivity contribution is 1.41. The highest BCUT2D eigenvalue weighted by Crippen LogP contribution is 2.42. The molecule has 38 heavy (non-hydrogen) atoms. The van der Waals surface area contributed by atoms with Gasteiger partial charge in [-0.15, -0.1) is 11.3 Å². The Hall–Kier alpha value is -4.53. The van der Waals surface area contributed by atoms with Crippen LogP contribution in [0.4, 0.5) is 0 Å². The summed E-state index contributed by atoms with van der Waals surface area (Å²) in [5.74, 6) is 0. The van der Waals surface area contributed by atoms with Gasteiger partial charge < -0.3 is 0 Å². The Labute approximate surface area is 224 Å². The Bertz CT molecular complexity index is 2170. The summed E-state index contributed by atoms with van der Waals surface area (Å²) in [6.45, 7) is 2.20. The monoisotopic (exact) mass is 501 g/mol. The van der Waals surface area contributed by atoms with Crippen molar-refractivity contribution in [3.63, 3.8) is 0 Å². The first-order valence-corrected chi connectivity index (χ1v) is 13.8. The van der Waals surface area contributed by atoms with Crippen molar-refractivity contribution in [3.8, 4) is 22.4 Å². The molecule has 0 fully saturated rings. The Morgan fingerprint density at radius 3 is 1.84 bits per heavy atom. The van der Waals surface area contributed by atoms with Crippen molar-refractivity contribution in [2.75, 3.05) is 0 Å². The van der Waals surface area contributed by atoms with Gasteiger partial charge in [-0.05, 0) is 58.0 Å². The number of benzene rings is 6. The summed E-state index contributed by atoms with van der Waals surface area (Å²) in [7, 11) is 0. The highest BCUT2D eigenvalue weighted by molar-refractivity contribution is 7.26. The summed E-state index contributed by atoms with van der Waals surface area (Å²) in [4.78, 5) is 5.27. The van der Waals surface area contributed by atoms with Crippen LogP contribution in [0, 0.1) is 6.92 Å². The normalized spacial score (nSPS) is 11.8. The lowest BCUT2D eigenvalue weighted by Crippen LogP contribution is -1.90. The number of hydrogen-bond donors (Lipinski definition) is 0. The molecular formula is C36H23NS. The van der Waals surface area contributed by atoms with Gasteiger partial charge in [-0.25, -0.2) is 4.98 Å². The fourth-order valence-corrected chi connectivity index (χ4v) is 7.26. The Kier molecular flexibility index (Phi) is 4.67. The zero-order valence-electron chi connectivity index (χ0n) is 20.9. The maximum atomic E-state index is 5.27. The van der Waals surface area contributed by atoms with E-state index in [-0.39, 0.29) is 0 Å². The van der Waals surface area contributed by atoms with Crippen molar-refractivity contribution in [2.45, 2.75) is 6.92 Å². The third-order valence-corrected chi connectivity index (χ3v) is 9.17. The van der Waals surface area contributed by atoms with Gasteiger partial charge in [0.15, 0.2) is 0 Å². The van der Waals surface area contributed by atoms with Crippen LogP contribution >= 0.6 is 11.3 Å². The van der Waals surface area contributed by atoms with Crippen molar-refractivity contribution < 1.29 is 0 Å². The molecule has 2 aromatic heterocycles. The SMILES string of the molecule is Cc1cccc2c1sc1c(-c3cccc(-c4ccc5c6ccccc6c6ccccc6c5n4)c3)cccc12. The number of rotatable bonds is 2. The molecule has 6 aromatic carbocycles. The fraction of sp³-hybridized carbons (Fsp3) is 0.0278. The van der Waals surface area contributed by atoms with Crippen LogP contribution in [-0.2, 0) is 0 Å². The fourth-order valence-electron chi connectivity index (χ4n) is 5.95. The summed E-state index contributed by atoms with van der Waals surface area (Å²) in [6.07, 6.45) is 0. The number of hydrogen-bond acceptors (Lipinski definition) is 2. The Morgan fingerprint density at radius 1 is 0.474 bits per heavy atom. The number of nitrogens with zero attached hydrogens (tertiary/aromatic N) is 1. The van der Waals surface area contributed by atoms with Crippen LogP contribution in [0.1, 0.15) is 5.56 Å². The molecule has 0 atom stereocenters. The molecule has 0 aliphatic heterocycles. The molecule has 0 bridgehead atoms.